The van der Waals surface area contributed by atoms with Crippen molar-refractivity contribution >= 4 is 34.9 Å². The molecule has 1 amide bonds. The van der Waals surface area contributed by atoms with Crippen LogP contribution in [0, 0.1) is 5.82 Å². The largest absolute Gasteiger partial charge is 0.482 e. The van der Waals surface area contributed by atoms with Gasteiger partial charge in [0, 0.05) is 27.9 Å². The van der Waals surface area contributed by atoms with Gasteiger partial charge in [-0.05, 0) is 48.4 Å². The van der Waals surface area contributed by atoms with Gasteiger partial charge < -0.3 is 20.9 Å². The Balaban J connectivity index is 1.51. The van der Waals surface area contributed by atoms with Gasteiger partial charge in [-0.25, -0.2) is 9.37 Å². The lowest BCUT2D eigenvalue weighted by molar-refractivity contribution is 0.0916. The van der Waals surface area contributed by atoms with Gasteiger partial charge in [-0.1, -0.05) is 65.7 Å². The summed E-state index contributed by atoms with van der Waals surface area (Å²) in [6, 6.07) is 19.9. The quantitative estimate of drug-likeness (QED) is 0.226. The van der Waals surface area contributed by atoms with Gasteiger partial charge in [0.1, 0.15) is 11.9 Å². The number of ether oxygens (including phenoxy) is 1. The van der Waals surface area contributed by atoms with Crippen LogP contribution in [0.25, 0.3) is 11.1 Å². The summed E-state index contributed by atoms with van der Waals surface area (Å²) in [6.07, 6.45) is 0.881. The molecular weight excluding hydrogens is 516 g/mol. The van der Waals surface area contributed by atoms with Crippen molar-refractivity contribution in [2.75, 3.05) is 12.3 Å². The molecule has 0 spiro atoms. The first kappa shape index (κ1) is 26.4. The molecule has 4 rings (SSSR count). The van der Waals surface area contributed by atoms with Gasteiger partial charge in [-0.3, -0.25) is 4.79 Å². The predicted molar refractivity (Wildman–Crippen MR) is 143 cm³/mol. The van der Waals surface area contributed by atoms with Crippen LogP contribution in [0.4, 0.5) is 10.2 Å². The van der Waals surface area contributed by atoms with Gasteiger partial charge in [-0.2, -0.15) is 0 Å². The number of amides is 1. The number of nitrogen functional groups attached to an aromatic ring is 1. The van der Waals surface area contributed by atoms with Gasteiger partial charge in [0.25, 0.3) is 5.91 Å². The van der Waals surface area contributed by atoms with Crippen LogP contribution in [0.2, 0.25) is 10.0 Å². The van der Waals surface area contributed by atoms with Crippen LogP contribution in [-0.2, 0) is 0 Å². The molecule has 0 radical (unpaired) electrons. The molecule has 0 saturated heterocycles. The van der Waals surface area contributed by atoms with E-state index in [1.165, 1.54) is 12.1 Å². The second-order valence-corrected chi connectivity index (χ2v) is 9.11. The second kappa shape index (κ2) is 11.6. The van der Waals surface area contributed by atoms with E-state index in [4.69, 9.17) is 33.7 Å². The fourth-order valence-electron chi connectivity index (χ4n) is 3.85. The Morgan fingerprint density at radius 3 is 2.46 bits per heavy atom. The lowest BCUT2D eigenvalue weighted by atomic mass is 10.0. The van der Waals surface area contributed by atoms with Crippen LogP contribution in [0.3, 0.4) is 0 Å². The number of rotatable bonds is 8. The van der Waals surface area contributed by atoms with E-state index in [1.54, 1.807) is 43.5 Å². The van der Waals surface area contributed by atoms with E-state index < -0.39 is 18.0 Å². The highest BCUT2D eigenvalue weighted by atomic mass is 35.5. The smallest absolute Gasteiger partial charge is 0.251 e. The monoisotopic (exact) mass is 539 g/mol. The molecule has 1 aromatic heterocycles. The number of hydrogen-bond acceptors (Lipinski definition) is 5. The summed E-state index contributed by atoms with van der Waals surface area (Å²) in [4.78, 5) is 17.0. The van der Waals surface area contributed by atoms with Crippen LogP contribution >= 0.6 is 23.2 Å². The Bertz CT molecular complexity index is 1400. The zero-order valence-electron chi connectivity index (χ0n) is 19.8. The van der Waals surface area contributed by atoms with E-state index in [-0.39, 0.29) is 34.1 Å². The van der Waals surface area contributed by atoms with E-state index in [2.05, 4.69) is 10.3 Å². The maximum absolute atomic E-state index is 14.0. The molecular formula is C28H24Cl2FN3O3. The number of aliphatic hydroxyl groups excluding tert-OH is 1. The van der Waals surface area contributed by atoms with Crippen molar-refractivity contribution in [3.8, 4) is 16.9 Å². The molecule has 1 heterocycles. The van der Waals surface area contributed by atoms with Crippen molar-refractivity contribution in [1.29, 1.82) is 0 Å². The molecule has 0 bridgehead atoms. The van der Waals surface area contributed by atoms with Crippen molar-refractivity contribution in [2.24, 2.45) is 0 Å². The molecule has 0 aliphatic heterocycles. The third kappa shape index (κ3) is 6.02. The molecule has 37 heavy (non-hydrogen) atoms. The number of nitrogens with zero attached hydrogens (tertiary/aromatic N) is 1. The first-order chi connectivity index (χ1) is 17.8. The minimum Gasteiger partial charge on any atom is -0.482 e. The minimum atomic E-state index is -0.704. The van der Waals surface area contributed by atoms with Gasteiger partial charge in [0.15, 0.2) is 11.6 Å². The highest BCUT2D eigenvalue weighted by Crippen LogP contribution is 2.37. The number of aromatic nitrogens is 1. The fraction of sp³-hybridized carbons (Fsp3) is 0.143. The van der Waals surface area contributed by atoms with Crippen molar-refractivity contribution < 1.29 is 19.0 Å². The molecule has 6 nitrogen and oxygen atoms in total. The maximum Gasteiger partial charge on any atom is 0.251 e. The van der Waals surface area contributed by atoms with Crippen molar-refractivity contribution in [3.05, 3.63) is 112 Å². The molecule has 0 fully saturated rings. The summed E-state index contributed by atoms with van der Waals surface area (Å²) in [5, 5.41) is 12.7. The molecule has 2 atom stereocenters. The van der Waals surface area contributed by atoms with E-state index in [0.717, 1.165) is 11.1 Å². The van der Waals surface area contributed by atoms with E-state index in [9.17, 15) is 14.3 Å². The molecule has 0 aliphatic carbocycles. The van der Waals surface area contributed by atoms with Gasteiger partial charge in [-0.15, -0.1) is 0 Å². The Labute approximate surface area is 223 Å². The number of nitrogens with two attached hydrogens (primary N) is 1. The molecule has 3 aromatic carbocycles. The number of benzene rings is 3. The SMILES string of the molecule is C[C@H](Oc1cc(-c2ccc(C(=O)N[C@H](CO)c3ccccc3)cc2)cnc1N)c1c(Cl)ccc(F)c1Cl. The molecule has 4 N–H and O–H groups in total. The molecule has 9 heteroatoms. The first-order valence-electron chi connectivity index (χ1n) is 11.4. The van der Waals surface area contributed by atoms with Gasteiger partial charge in [0.2, 0.25) is 0 Å². The third-order valence-corrected chi connectivity index (χ3v) is 6.56. The number of carbonyl (C=O) groups is 1. The van der Waals surface area contributed by atoms with E-state index in [0.29, 0.717) is 16.7 Å². The molecule has 0 aliphatic rings. The van der Waals surface area contributed by atoms with Crippen LogP contribution in [-0.4, -0.2) is 22.6 Å². The van der Waals surface area contributed by atoms with Crippen molar-refractivity contribution in [1.82, 2.24) is 10.3 Å². The van der Waals surface area contributed by atoms with Crippen LogP contribution in [0.1, 0.15) is 40.6 Å². The van der Waals surface area contributed by atoms with Crippen molar-refractivity contribution in [2.45, 2.75) is 19.1 Å². The Morgan fingerprint density at radius 1 is 1.08 bits per heavy atom. The number of anilines is 1. The first-order valence-corrected chi connectivity index (χ1v) is 12.2. The standard InChI is InChI=1S/C28H24Cl2FN3O3/c1-16(25-21(29)11-12-22(31)26(25)30)37-24-13-20(14-33-27(24)32)17-7-9-19(10-8-17)28(36)34-23(15-35)18-5-3-2-4-6-18/h2-14,16,23,35H,15H2,1H3,(H2,32,33)(H,34,36)/t16-,23+/m0/s1. The number of aliphatic hydroxyl groups is 1. The van der Waals surface area contributed by atoms with E-state index in [1.807, 2.05) is 30.3 Å². The average Bonchev–Trinajstić information content (AvgIpc) is 2.91. The van der Waals surface area contributed by atoms with Crippen LogP contribution < -0.4 is 15.8 Å². The Hall–Kier alpha value is -3.65. The summed E-state index contributed by atoms with van der Waals surface area (Å²) >= 11 is 12.3. The number of pyridine rings is 1. The fourth-order valence-corrected chi connectivity index (χ4v) is 4.53. The third-order valence-electron chi connectivity index (χ3n) is 5.84. The van der Waals surface area contributed by atoms with Gasteiger partial charge in [0.05, 0.1) is 17.7 Å². The lowest BCUT2D eigenvalue weighted by Crippen LogP contribution is -2.30. The Morgan fingerprint density at radius 2 is 1.78 bits per heavy atom. The number of carbonyl (C=O) groups excluding carboxylic acids is 1. The second-order valence-electron chi connectivity index (χ2n) is 8.32. The molecule has 0 unspecified atom stereocenters. The number of hydrogen-bond donors (Lipinski definition) is 3. The molecule has 190 valence electrons. The summed E-state index contributed by atoms with van der Waals surface area (Å²) in [5.74, 6) is -0.496. The Kier molecular flexibility index (Phi) is 8.28. The predicted octanol–water partition coefficient (Wildman–Crippen LogP) is 6.38. The average molecular weight is 540 g/mol. The summed E-state index contributed by atoms with van der Waals surface area (Å²) < 4.78 is 19.9. The normalized spacial score (nSPS) is 12.6. The minimum absolute atomic E-state index is 0.118. The zero-order chi connectivity index (χ0) is 26.5. The maximum atomic E-state index is 14.0. The highest BCUT2D eigenvalue weighted by Gasteiger charge is 2.20. The summed E-state index contributed by atoms with van der Waals surface area (Å²) in [5.41, 5.74) is 9.03. The molecule has 4 aromatic rings. The zero-order valence-corrected chi connectivity index (χ0v) is 21.3. The number of halogens is 3. The summed E-state index contributed by atoms with van der Waals surface area (Å²) in [6.45, 7) is 1.46. The highest BCUT2D eigenvalue weighted by molar-refractivity contribution is 6.36. The van der Waals surface area contributed by atoms with E-state index >= 15 is 0 Å². The topological polar surface area (TPSA) is 97.5 Å². The van der Waals surface area contributed by atoms with Crippen LogP contribution in [0.5, 0.6) is 5.75 Å². The van der Waals surface area contributed by atoms with Gasteiger partial charge >= 0.3 is 0 Å². The van der Waals surface area contributed by atoms with Crippen LogP contribution in [0.15, 0.2) is 79.0 Å². The van der Waals surface area contributed by atoms with Crippen molar-refractivity contribution in [3.63, 3.8) is 0 Å². The number of nitrogens with one attached hydrogen (secondary N) is 1. The lowest BCUT2D eigenvalue weighted by Gasteiger charge is -2.19. The summed E-state index contributed by atoms with van der Waals surface area (Å²) in [7, 11) is 0. The molecule has 0 saturated carbocycles.